The minimum absolute atomic E-state index is 0.234. The van der Waals surface area contributed by atoms with Crippen molar-refractivity contribution in [1.29, 1.82) is 0 Å². The molecule has 1 rings (SSSR count). The maximum atomic E-state index is 11.4. The van der Waals surface area contributed by atoms with Crippen LogP contribution in [0.25, 0.3) is 0 Å². The average molecular weight is 320 g/mol. The molecular weight excluding hydrogens is 306 g/mol. The third-order valence-corrected chi connectivity index (χ3v) is 2.71. The number of nitrogens with zero attached hydrogens (tertiary/aromatic N) is 1. The zero-order chi connectivity index (χ0) is 13.8. The maximum Gasteiger partial charge on any atom is 0.407 e. The molecular formula is C9H13Cl3N2O4. The van der Waals surface area contributed by atoms with Gasteiger partial charge in [0, 0.05) is 19.1 Å². The smallest absolute Gasteiger partial charge is 0.407 e. The number of amides is 2. The maximum absolute atomic E-state index is 11.4. The van der Waals surface area contributed by atoms with E-state index in [9.17, 15) is 9.59 Å². The average Bonchev–Trinajstić information content (AvgIpc) is 2.26. The summed E-state index contributed by atoms with van der Waals surface area (Å²) in [6, 6.07) is -0.280. The Morgan fingerprint density at radius 3 is 2.67 bits per heavy atom. The predicted octanol–water partition coefficient (Wildman–Crippen LogP) is 2.23. The summed E-state index contributed by atoms with van der Waals surface area (Å²) in [7, 11) is 0. The highest BCUT2D eigenvalue weighted by molar-refractivity contribution is 6.67. The van der Waals surface area contributed by atoms with Crippen LogP contribution in [0.3, 0.4) is 0 Å². The zero-order valence-corrected chi connectivity index (χ0v) is 11.6. The summed E-state index contributed by atoms with van der Waals surface area (Å²) in [6.45, 7) is 0.341. The van der Waals surface area contributed by atoms with E-state index in [0.717, 1.165) is 0 Å². The van der Waals surface area contributed by atoms with Gasteiger partial charge < -0.3 is 20.1 Å². The number of rotatable bonds is 2. The standard InChI is InChI=1S/C9H13Cl3N2O4/c10-9(11,12)5-18-7(15)13-6-2-1-3-14(4-6)8(16)17/h6H,1-5H2,(H,13,15)(H,16,17). The van der Waals surface area contributed by atoms with Crippen LogP contribution in [-0.2, 0) is 4.74 Å². The molecule has 0 radical (unpaired) electrons. The first kappa shape index (κ1) is 15.5. The van der Waals surface area contributed by atoms with Crippen molar-refractivity contribution in [3.8, 4) is 0 Å². The number of ether oxygens (including phenoxy) is 1. The highest BCUT2D eigenvalue weighted by atomic mass is 35.6. The van der Waals surface area contributed by atoms with Crippen LogP contribution in [0.15, 0.2) is 0 Å². The Morgan fingerprint density at radius 2 is 2.11 bits per heavy atom. The molecule has 6 nitrogen and oxygen atoms in total. The van der Waals surface area contributed by atoms with Crippen molar-refractivity contribution in [2.24, 2.45) is 0 Å². The van der Waals surface area contributed by atoms with Crippen LogP contribution < -0.4 is 5.32 Å². The molecule has 1 unspecified atom stereocenters. The Kier molecular flexibility index (Phi) is 5.62. The van der Waals surface area contributed by atoms with Gasteiger partial charge in [-0.15, -0.1) is 0 Å². The normalized spacial score (nSPS) is 20.4. The summed E-state index contributed by atoms with van der Waals surface area (Å²) >= 11 is 16.3. The fourth-order valence-electron chi connectivity index (χ4n) is 1.62. The van der Waals surface area contributed by atoms with Crippen LogP contribution in [0, 0.1) is 0 Å². The predicted molar refractivity (Wildman–Crippen MR) is 67.4 cm³/mol. The Hall–Kier alpha value is -0.590. The van der Waals surface area contributed by atoms with Crippen molar-refractivity contribution >= 4 is 47.0 Å². The summed E-state index contributed by atoms with van der Waals surface area (Å²) < 4.78 is 3.04. The second kappa shape index (κ2) is 6.54. The fraction of sp³-hybridized carbons (Fsp3) is 0.778. The molecule has 1 saturated heterocycles. The lowest BCUT2D eigenvalue weighted by atomic mass is 10.1. The number of alkyl halides is 3. The summed E-state index contributed by atoms with van der Waals surface area (Å²) in [4.78, 5) is 23.4. The lowest BCUT2D eigenvalue weighted by molar-refractivity contribution is 0.115. The molecule has 0 saturated carbocycles. The van der Waals surface area contributed by atoms with Gasteiger partial charge in [0.05, 0.1) is 0 Å². The highest BCUT2D eigenvalue weighted by Gasteiger charge is 2.26. The lowest BCUT2D eigenvalue weighted by Gasteiger charge is -2.30. The molecule has 0 aromatic carbocycles. The van der Waals surface area contributed by atoms with E-state index in [1.165, 1.54) is 4.90 Å². The number of nitrogens with one attached hydrogen (secondary N) is 1. The summed E-state index contributed by atoms with van der Waals surface area (Å²) in [5.74, 6) is 0. The topological polar surface area (TPSA) is 78.9 Å². The Labute approximate surface area is 119 Å². The van der Waals surface area contributed by atoms with E-state index in [1.807, 2.05) is 0 Å². The second-order valence-electron chi connectivity index (χ2n) is 3.90. The number of alkyl carbamates (subject to hydrolysis) is 1. The van der Waals surface area contributed by atoms with Crippen LogP contribution in [0.1, 0.15) is 12.8 Å². The summed E-state index contributed by atoms with van der Waals surface area (Å²) in [5.41, 5.74) is 0. The van der Waals surface area contributed by atoms with Crippen LogP contribution in [-0.4, -0.2) is 51.7 Å². The van der Waals surface area contributed by atoms with E-state index < -0.39 is 16.0 Å². The highest BCUT2D eigenvalue weighted by Crippen LogP contribution is 2.25. The fourth-order valence-corrected chi connectivity index (χ4v) is 1.79. The van der Waals surface area contributed by atoms with Gasteiger partial charge >= 0.3 is 12.2 Å². The van der Waals surface area contributed by atoms with Crippen molar-refractivity contribution in [3.63, 3.8) is 0 Å². The molecule has 1 fully saturated rings. The van der Waals surface area contributed by atoms with Gasteiger partial charge in [0.1, 0.15) is 6.61 Å². The molecule has 104 valence electrons. The number of halogens is 3. The van der Waals surface area contributed by atoms with Gasteiger partial charge in [-0.2, -0.15) is 0 Å². The summed E-state index contributed by atoms with van der Waals surface area (Å²) in [5, 5.41) is 11.4. The molecule has 0 aliphatic carbocycles. The molecule has 2 N–H and O–H groups in total. The molecule has 0 spiro atoms. The van der Waals surface area contributed by atoms with E-state index in [-0.39, 0.29) is 19.2 Å². The number of likely N-dealkylation sites (tertiary alicyclic amines) is 1. The molecule has 0 aromatic rings. The largest absolute Gasteiger partial charge is 0.465 e. The number of carbonyl (C=O) groups is 2. The van der Waals surface area contributed by atoms with Gasteiger partial charge in [-0.3, -0.25) is 0 Å². The number of piperidine rings is 1. The lowest BCUT2D eigenvalue weighted by Crippen LogP contribution is -2.49. The van der Waals surface area contributed by atoms with E-state index in [2.05, 4.69) is 5.32 Å². The minimum Gasteiger partial charge on any atom is -0.465 e. The van der Waals surface area contributed by atoms with E-state index >= 15 is 0 Å². The molecule has 0 bridgehead atoms. The molecule has 1 aliphatic heterocycles. The molecule has 18 heavy (non-hydrogen) atoms. The minimum atomic E-state index is -1.66. The van der Waals surface area contributed by atoms with Gasteiger partial charge in [-0.1, -0.05) is 34.8 Å². The number of carboxylic acid groups (broad SMARTS) is 1. The van der Waals surface area contributed by atoms with Gasteiger partial charge in [0.25, 0.3) is 0 Å². The van der Waals surface area contributed by atoms with Crippen LogP contribution in [0.2, 0.25) is 0 Å². The Balaban J connectivity index is 2.33. The first-order valence-corrected chi connectivity index (χ1v) is 6.39. The van der Waals surface area contributed by atoms with E-state index in [0.29, 0.717) is 19.4 Å². The zero-order valence-electron chi connectivity index (χ0n) is 9.37. The SMILES string of the molecule is O=C(NC1CCCN(C(=O)O)C1)OCC(Cl)(Cl)Cl. The van der Waals surface area contributed by atoms with Crippen molar-refractivity contribution in [3.05, 3.63) is 0 Å². The Morgan fingerprint density at radius 1 is 1.44 bits per heavy atom. The van der Waals surface area contributed by atoms with Crippen molar-refractivity contribution < 1.29 is 19.4 Å². The first-order valence-electron chi connectivity index (χ1n) is 5.26. The quantitative estimate of drug-likeness (QED) is 0.765. The number of hydrogen-bond acceptors (Lipinski definition) is 3. The van der Waals surface area contributed by atoms with Crippen molar-refractivity contribution in [2.75, 3.05) is 19.7 Å². The second-order valence-corrected chi connectivity index (χ2v) is 6.42. The first-order chi connectivity index (χ1) is 8.28. The van der Waals surface area contributed by atoms with Gasteiger partial charge in [-0.25, -0.2) is 9.59 Å². The van der Waals surface area contributed by atoms with Crippen LogP contribution in [0.5, 0.6) is 0 Å². The van der Waals surface area contributed by atoms with Gasteiger partial charge in [-0.05, 0) is 12.8 Å². The molecule has 2 amide bonds. The van der Waals surface area contributed by atoms with Gasteiger partial charge in [0.15, 0.2) is 0 Å². The van der Waals surface area contributed by atoms with E-state index in [4.69, 9.17) is 44.6 Å². The third-order valence-electron chi connectivity index (χ3n) is 2.38. The molecule has 1 aliphatic rings. The van der Waals surface area contributed by atoms with Crippen molar-refractivity contribution in [1.82, 2.24) is 10.2 Å². The van der Waals surface area contributed by atoms with Crippen LogP contribution in [0.4, 0.5) is 9.59 Å². The Bertz CT molecular complexity index is 321. The molecule has 9 heteroatoms. The molecule has 0 aromatic heterocycles. The monoisotopic (exact) mass is 318 g/mol. The molecule has 1 heterocycles. The third kappa shape index (κ3) is 5.84. The van der Waals surface area contributed by atoms with Crippen molar-refractivity contribution in [2.45, 2.75) is 22.7 Å². The number of carbonyl (C=O) groups excluding carboxylic acids is 1. The number of hydrogen-bond donors (Lipinski definition) is 2. The molecule has 1 atom stereocenters. The van der Waals surface area contributed by atoms with Gasteiger partial charge in [0.2, 0.25) is 3.79 Å². The van der Waals surface area contributed by atoms with Crippen LogP contribution >= 0.6 is 34.8 Å². The summed E-state index contributed by atoms with van der Waals surface area (Å²) in [6.07, 6.45) is -0.358. The van der Waals surface area contributed by atoms with E-state index in [1.54, 1.807) is 0 Å².